The third-order valence-electron chi connectivity index (χ3n) is 5.32. The predicted octanol–water partition coefficient (Wildman–Crippen LogP) is 2.21. The number of carbonyl (C=O) groups excluding carboxylic acids is 1. The Morgan fingerprint density at radius 3 is 2.86 bits per heavy atom. The first-order valence-electron chi connectivity index (χ1n) is 9.96. The minimum atomic E-state index is -0.309. The number of hydrogen-bond donors (Lipinski definition) is 3. The van der Waals surface area contributed by atoms with Gasteiger partial charge in [0.05, 0.1) is 17.6 Å². The summed E-state index contributed by atoms with van der Waals surface area (Å²) >= 11 is 0. The number of anilines is 2. The highest BCUT2D eigenvalue weighted by atomic mass is 16.2. The first kappa shape index (κ1) is 17.2. The first-order chi connectivity index (χ1) is 13.7. The lowest BCUT2D eigenvalue weighted by Crippen LogP contribution is -2.29. The quantitative estimate of drug-likeness (QED) is 0.641. The lowest BCUT2D eigenvalue weighted by atomic mass is 10.1. The Labute approximate surface area is 162 Å². The Kier molecular flexibility index (Phi) is 4.44. The summed E-state index contributed by atoms with van der Waals surface area (Å²) in [5.74, 6) is 1.49. The Morgan fingerprint density at radius 1 is 1.11 bits per heavy atom. The van der Waals surface area contributed by atoms with Gasteiger partial charge in [0.15, 0.2) is 0 Å². The van der Waals surface area contributed by atoms with Gasteiger partial charge in [-0.25, -0.2) is 9.67 Å². The molecule has 3 N–H and O–H groups in total. The average Bonchev–Trinajstić information content (AvgIpc) is 3.32. The summed E-state index contributed by atoms with van der Waals surface area (Å²) in [6.07, 6.45) is 4.83. The fourth-order valence-corrected chi connectivity index (χ4v) is 3.89. The maximum Gasteiger partial charge on any atom is 0.295 e. The molecule has 0 atom stereocenters. The van der Waals surface area contributed by atoms with Gasteiger partial charge in [0.2, 0.25) is 11.8 Å². The average molecular weight is 380 g/mol. The van der Waals surface area contributed by atoms with Crippen LogP contribution in [0, 0.1) is 0 Å². The van der Waals surface area contributed by atoms with Crippen molar-refractivity contribution in [2.24, 2.45) is 0 Å². The van der Waals surface area contributed by atoms with E-state index < -0.39 is 0 Å². The van der Waals surface area contributed by atoms with Gasteiger partial charge in [-0.05, 0) is 50.6 Å². The summed E-state index contributed by atoms with van der Waals surface area (Å²) in [5, 5.41) is 10.3. The van der Waals surface area contributed by atoms with Crippen molar-refractivity contribution >= 4 is 28.6 Å². The summed E-state index contributed by atoms with van der Waals surface area (Å²) < 4.78 is 1.74. The maximum atomic E-state index is 12.5. The topological polar surface area (TPSA) is 104 Å². The van der Waals surface area contributed by atoms with Crippen LogP contribution >= 0.6 is 0 Å². The van der Waals surface area contributed by atoms with E-state index in [4.69, 9.17) is 0 Å². The zero-order valence-corrected chi connectivity index (χ0v) is 15.7. The van der Waals surface area contributed by atoms with Gasteiger partial charge in [-0.3, -0.25) is 9.69 Å². The van der Waals surface area contributed by atoms with Gasteiger partial charge in [0, 0.05) is 18.8 Å². The Bertz CT molecular complexity index is 977. The molecule has 3 aromatic rings. The van der Waals surface area contributed by atoms with Crippen LogP contribution in [0.5, 0.6) is 0 Å². The highest BCUT2D eigenvalue weighted by Gasteiger charge is 2.19. The number of aromatic nitrogens is 5. The maximum absolute atomic E-state index is 12.5. The van der Waals surface area contributed by atoms with Gasteiger partial charge >= 0.3 is 0 Å². The number of likely N-dealkylation sites (tertiary alicyclic amines) is 1. The molecule has 146 valence electrons. The van der Waals surface area contributed by atoms with Crippen molar-refractivity contribution in [1.82, 2.24) is 29.6 Å². The molecule has 0 spiro atoms. The fraction of sp³-hybridized carbons (Fsp3) is 0.474. The van der Waals surface area contributed by atoms with E-state index in [-0.39, 0.29) is 11.7 Å². The molecule has 5 rings (SSSR count). The monoisotopic (exact) mass is 380 g/mol. The largest absolute Gasteiger partial charge is 0.354 e. The van der Waals surface area contributed by atoms with E-state index in [9.17, 15) is 4.79 Å². The van der Waals surface area contributed by atoms with Gasteiger partial charge in [0.1, 0.15) is 5.82 Å². The number of hydrogen-bond acceptors (Lipinski definition) is 6. The van der Waals surface area contributed by atoms with Gasteiger partial charge < -0.3 is 15.6 Å². The smallest absolute Gasteiger partial charge is 0.295 e. The van der Waals surface area contributed by atoms with Crippen molar-refractivity contribution in [2.75, 3.05) is 30.3 Å². The summed E-state index contributed by atoms with van der Waals surface area (Å²) in [6, 6.07) is 5.70. The second-order valence-electron chi connectivity index (χ2n) is 7.47. The molecular weight excluding hydrogens is 356 g/mol. The molecule has 9 heteroatoms. The summed E-state index contributed by atoms with van der Waals surface area (Å²) in [6.45, 7) is 4.75. The van der Waals surface area contributed by atoms with Crippen LogP contribution in [-0.2, 0) is 13.1 Å². The third kappa shape index (κ3) is 3.45. The van der Waals surface area contributed by atoms with Crippen LogP contribution in [0.3, 0.4) is 0 Å². The van der Waals surface area contributed by atoms with E-state index in [0.29, 0.717) is 11.6 Å². The van der Waals surface area contributed by atoms with E-state index in [2.05, 4.69) is 35.6 Å². The van der Waals surface area contributed by atoms with E-state index in [0.717, 1.165) is 56.0 Å². The van der Waals surface area contributed by atoms with Crippen LogP contribution in [-0.4, -0.2) is 55.2 Å². The van der Waals surface area contributed by atoms with Crippen molar-refractivity contribution in [3.05, 3.63) is 29.8 Å². The number of aromatic amines is 1. The molecule has 1 aromatic carbocycles. The molecule has 1 amide bonds. The van der Waals surface area contributed by atoms with E-state index in [1.807, 2.05) is 18.2 Å². The summed E-state index contributed by atoms with van der Waals surface area (Å²) in [4.78, 5) is 27.3. The number of H-pyrrole nitrogens is 1. The lowest BCUT2D eigenvalue weighted by Gasteiger charge is -2.25. The van der Waals surface area contributed by atoms with Gasteiger partial charge in [-0.15, -0.1) is 5.10 Å². The van der Waals surface area contributed by atoms with Crippen molar-refractivity contribution < 1.29 is 4.79 Å². The minimum absolute atomic E-state index is 0.180. The van der Waals surface area contributed by atoms with Crippen molar-refractivity contribution in [3.63, 3.8) is 0 Å². The molecule has 0 unspecified atom stereocenters. The molecule has 28 heavy (non-hydrogen) atoms. The Balaban J connectivity index is 1.30. The number of piperidine rings is 1. The minimum Gasteiger partial charge on any atom is -0.354 e. The van der Waals surface area contributed by atoms with Gasteiger partial charge in [-0.1, -0.05) is 6.42 Å². The van der Waals surface area contributed by atoms with Crippen LogP contribution in [0.4, 0.5) is 11.6 Å². The van der Waals surface area contributed by atoms with Crippen LogP contribution in [0.2, 0.25) is 0 Å². The number of aryl methyl sites for hydroxylation is 1. The second kappa shape index (κ2) is 7.23. The molecule has 2 aliphatic heterocycles. The fourth-order valence-electron chi connectivity index (χ4n) is 3.89. The third-order valence-corrected chi connectivity index (χ3v) is 5.32. The molecule has 9 nitrogen and oxygen atoms in total. The number of nitrogens with zero attached hydrogens (tertiary/aromatic N) is 5. The van der Waals surface area contributed by atoms with Crippen LogP contribution in [0.15, 0.2) is 18.2 Å². The number of carbonyl (C=O) groups is 1. The number of amides is 1. The highest BCUT2D eigenvalue weighted by molar-refractivity contribution is 6.02. The predicted molar refractivity (Wildman–Crippen MR) is 106 cm³/mol. The number of rotatable bonds is 4. The number of fused-ring (bicyclic) bond motifs is 2. The van der Waals surface area contributed by atoms with Gasteiger partial charge in [0.25, 0.3) is 5.91 Å². The number of imidazole rings is 1. The zero-order valence-electron chi connectivity index (χ0n) is 15.7. The van der Waals surface area contributed by atoms with E-state index >= 15 is 0 Å². The summed E-state index contributed by atoms with van der Waals surface area (Å²) in [5.41, 5.74) is 2.53. The Hall–Kier alpha value is -2.94. The van der Waals surface area contributed by atoms with Crippen LogP contribution in [0.1, 0.15) is 42.1 Å². The van der Waals surface area contributed by atoms with Gasteiger partial charge in [-0.2, -0.15) is 4.98 Å². The lowest BCUT2D eigenvalue weighted by molar-refractivity contribution is 0.101. The van der Waals surface area contributed by atoms with Crippen LogP contribution < -0.4 is 10.6 Å². The molecule has 0 saturated carbocycles. The molecule has 0 aliphatic carbocycles. The second-order valence-corrected chi connectivity index (χ2v) is 7.47. The highest BCUT2D eigenvalue weighted by Crippen LogP contribution is 2.20. The summed E-state index contributed by atoms with van der Waals surface area (Å²) in [7, 11) is 0. The van der Waals surface area contributed by atoms with E-state index in [1.165, 1.54) is 19.3 Å². The molecule has 0 radical (unpaired) electrons. The first-order valence-corrected chi connectivity index (χ1v) is 9.96. The zero-order chi connectivity index (χ0) is 18.9. The number of nitrogens with one attached hydrogen (secondary N) is 3. The SMILES string of the molecule is O=C(Nc1ccc2nc(CN3CCCCC3)[nH]c2c1)c1nc2n(n1)CCCN2. The normalized spacial score (nSPS) is 17.3. The molecule has 4 heterocycles. The van der Waals surface area contributed by atoms with Crippen molar-refractivity contribution in [3.8, 4) is 0 Å². The van der Waals surface area contributed by atoms with Crippen molar-refractivity contribution in [2.45, 2.75) is 38.8 Å². The van der Waals surface area contributed by atoms with Crippen molar-refractivity contribution in [1.29, 1.82) is 0 Å². The number of benzene rings is 1. The standard InChI is InChI=1S/C19H24N8O/c28-18(17-24-19-20-7-4-10-27(19)25-17)21-13-5-6-14-15(11-13)23-16(22-14)12-26-8-2-1-3-9-26/h5-6,11H,1-4,7-10,12H2,(H,21,28)(H,22,23)(H,20,24,25). The Morgan fingerprint density at radius 2 is 2.00 bits per heavy atom. The molecule has 1 saturated heterocycles. The van der Waals surface area contributed by atoms with Crippen LogP contribution in [0.25, 0.3) is 11.0 Å². The molecule has 1 fully saturated rings. The molecule has 0 bridgehead atoms. The molecule has 2 aliphatic rings. The van der Waals surface area contributed by atoms with E-state index in [1.54, 1.807) is 4.68 Å². The molecular formula is C19H24N8O. The molecule has 2 aromatic heterocycles.